The van der Waals surface area contributed by atoms with Crippen LogP contribution in [0.5, 0.6) is 0 Å². The molecule has 0 fully saturated rings. The molecule has 0 radical (unpaired) electrons. The number of hydrogen-bond donors (Lipinski definition) is 2. The maximum atomic E-state index is 12.1. The number of carbonyl (C=O) groups is 2. The Kier molecular flexibility index (Phi) is 7.52. The molecule has 2 amide bonds. The van der Waals surface area contributed by atoms with Gasteiger partial charge < -0.3 is 15.5 Å². The Hall–Kier alpha value is -1.95. The minimum atomic E-state index is -0.125. The van der Waals surface area contributed by atoms with Gasteiger partial charge in [-0.1, -0.05) is 31.9 Å². The second kappa shape index (κ2) is 9.15. The van der Waals surface area contributed by atoms with Crippen LogP contribution >= 0.6 is 12.2 Å². The van der Waals surface area contributed by atoms with Crippen molar-refractivity contribution in [1.82, 2.24) is 10.2 Å². The molecule has 0 atom stereocenters. The first-order valence-corrected chi connectivity index (χ1v) is 7.78. The van der Waals surface area contributed by atoms with Crippen molar-refractivity contribution >= 4 is 34.8 Å². The van der Waals surface area contributed by atoms with E-state index in [1.54, 1.807) is 38.4 Å². The highest BCUT2D eigenvalue weighted by atomic mass is 32.1. The number of hydrogen-bond acceptors (Lipinski definition) is 3. The maximum Gasteiger partial charge on any atom is 0.255 e. The molecule has 1 aromatic rings. The SMILES string of the molecule is CCCCCC(=O)NC(=S)Nc1ccccc1C(=O)N(C)C. The molecular formula is C16H23N3O2S. The molecule has 2 N–H and O–H groups in total. The number of thiocarbonyl (C=S) groups is 1. The van der Waals surface area contributed by atoms with Gasteiger partial charge in [0, 0.05) is 20.5 Å². The number of benzene rings is 1. The normalized spacial score (nSPS) is 9.95. The van der Waals surface area contributed by atoms with E-state index in [0.29, 0.717) is 17.7 Å². The monoisotopic (exact) mass is 321 g/mol. The van der Waals surface area contributed by atoms with E-state index in [2.05, 4.69) is 17.6 Å². The first kappa shape index (κ1) is 18.1. The molecule has 0 aromatic heterocycles. The Morgan fingerprint density at radius 2 is 1.86 bits per heavy atom. The molecule has 0 aliphatic carbocycles. The Morgan fingerprint density at radius 1 is 1.18 bits per heavy atom. The van der Waals surface area contributed by atoms with Crippen LogP contribution in [0, 0.1) is 0 Å². The third kappa shape index (κ3) is 5.81. The van der Waals surface area contributed by atoms with Crippen LogP contribution in [-0.4, -0.2) is 35.9 Å². The molecule has 0 aliphatic heterocycles. The average Bonchev–Trinajstić information content (AvgIpc) is 2.47. The van der Waals surface area contributed by atoms with Gasteiger partial charge in [0.2, 0.25) is 5.91 Å². The van der Waals surface area contributed by atoms with Crippen LogP contribution in [0.25, 0.3) is 0 Å². The van der Waals surface area contributed by atoms with Crippen molar-refractivity contribution in [2.24, 2.45) is 0 Å². The van der Waals surface area contributed by atoms with Crippen molar-refractivity contribution in [3.8, 4) is 0 Å². The summed E-state index contributed by atoms with van der Waals surface area (Å²) in [4.78, 5) is 25.3. The van der Waals surface area contributed by atoms with Crippen LogP contribution in [0.3, 0.4) is 0 Å². The summed E-state index contributed by atoms with van der Waals surface area (Å²) in [6, 6.07) is 7.07. The Morgan fingerprint density at radius 3 is 2.50 bits per heavy atom. The number of rotatable bonds is 6. The van der Waals surface area contributed by atoms with Gasteiger partial charge in [-0.3, -0.25) is 9.59 Å². The molecule has 0 spiro atoms. The van der Waals surface area contributed by atoms with Gasteiger partial charge in [0.15, 0.2) is 5.11 Å². The van der Waals surface area contributed by atoms with E-state index in [1.807, 2.05) is 0 Å². The number of para-hydroxylation sites is 1. The fourth-order valence-electron chi connectivity index (χ4n) is 1.90. The molecule has 1 rings (SSSR count). The number of nitrogens with one attached hydrogen (secondary N) is 2. The molecule has 0 bridgehead atoms. The van der Waals surface area contributed by atoms with Crippen molar-refractivity contribution < 1.29 is 9.59 Å². The van der Waals surface area contributed by atoms with E-state index in [9.17, 15) is 9.59 Å². The van der Waals surface area contributed by atoms with Gasteiger partial charge in [-0.15, -0.1) is 0 Å². The first-order chi connectivity index (χ1) is 10.5. The molecule has 0 unspecified atom stereocenters. The summed E-state index contributed by atoms with van der Waals surface area (Å²) < 4.78 is 0. The smallest absolute Gasteiger partial charge is 0.255 e. The van der Waals surface area contributed by atoms with Gasteiger partial charge in [-0.05, 0) is 30.8 Å². The highest BCUT2D eigenvalue weighted by Gasteiger charge is 2.14. The van der Waals surface area contributed by atoms with Crippen LogP contribution in [0.4, 0.5) is 5.69 Å². The zero-order valence-corrected chi connectivity index (χ0v) is 14.1. The van der Waals surface area contributed by atoms with E-state index in [0.717, 1.165) is 19.3 Å². The molecule has 0 saturated carbocycles. The van der Waals surface area contributed by atoms with Gasteiger partial charge in [-0.25, -0.2) is 0 Å². The van der Waals surface area contributed by atoms with Crippen LogP contribution < -0.4 is 10.6 Å². The lowest BCUT2D eigenvalue weighted by Gasteiger charge is -2.16. The lowest BCUT2D eigenvalue weighted by Crippen LogP contribution is -2.34. The number of carbonyl (C=O) groups excluding carboxylic acids is 2. The highest BCUT2D eigenvalue weighted by Crippen LogP contribution is 2.16. The van der Waals surface area contributed by atoms with E-state index < -0.39 is 0 Å². The topological polar surface area (TPSA) is 61.4 Å². The number of unbranched alkanes of at least 4 members (excludes halogenated alkanes) is 2. The molecule has 1 aromatic carbocycles. The third-order valence-electron chi connectivity index (χ3n) is 3.07. The molecule has 0 heterocycles. The fourth-order valence-corrected chi connectivity index (χ4v) is 2.12. The molecule has 6 heteroatoms. The molecular weight excluding hydrogens is 298 g/mol. The van der Waals surface area contributed by atoms with Crippen LogP contribution in [0.1, 0.15) is 43.0 Å². The third-order valence-corrected chi connectivity index (χ3v) is 3.28. The predicted molar refractivity (Wildman–Crippen MR) is 93.0 cm³/mol. The minimum absolute atomic E-state index is 0.109. The molecule has 0 aliphatic rings. The summed E-state index contributed by atoms with van der Waals surface area (Å²) in [6.07, 6.45) is 3.39. The van der Waals surface area contributed by atoms with E-state index in [-0.39, 0.29) is 16.9 Å². The summed E-state index contributed by atoms with van der Waals surface area (Å²) in [5, 5.41) is 5.77. The fraction of sp³-hybridized carbons (Fsp3) is 0.438. The Bertz CT molecular complexity index is 544. The van der Waals surface area contributed by atoms with Crippen molar-refractivity contribution in [3.05, 3.63) is 29.8 Å². The second-order valence-electron chi connectivity index (χ2n) is 5.20. The number of amides is 2. The van der Waals surface area contributed by atoms with Crippen molar-refractivity contribution in [2.45, 2.75) is 32.6 Å². The summed E-state index contributed by atoms with van der Waals surface area (Å²) >= 11 is 5.13. The number of anilines is 1. The van der Waals surface area contributed by atoms with Crippen LogP contribution in [-0.2, 0) is 4.79 Å². The quantitative estimate of drug-likeness (QED) is 0.625. The van der Waals surface area contributed by atoms with Crippen molar-refractivity contribution in [2.75, 3.05) is 19.4 Å². The van der Waals surface area contributed by atoms with Crippen LogP contribution in [0.2, 0.25) is 0 Å². The second-order valence-corrected chi connectivity index (χ2v) is 5.61. The first-order valence-electron chi connectivity index (χ1n) is 7.37. The Labute approximate surface area is 137 Å². The summed E-state index contributed by atoms with van der Waals surface area (Å²) in [6.45, 7) is 2.09. The summed E-state index contributed by atoms with van der Waals surface area (Å²) in [5.74, 6) is -0.234. The van der Waals surface area contributed by atoms with Gasteiger partial charge in [0.1, 0.15) is 0 Å². The lowest BCUT2D eigenvalue weighted by molar-refractivity contribution is -0.119. The van der Waals surface area contributed by atoms with Gasteiger partial charge >= 0.3 is 0 Å². The average molecular weight is 321 g/mol. The zero-order valence-electron chi connectivity index (χ0n) is 13.3. The summed E-state index contributed by atoms with van der Waals surface area (Å²) in [5.41, 5.74) is 1.09. The zero-order chi connectivity index (χ0) is 16.5. The summed E-state index contributed by atoms with van der Waals surface area (Å²) in [7, 11) is 3.37. The Balaban J connectivity index is 2.65. The van der Waals surface area contributed by atoms with Crippen molar-refractivity contribution in [1.29, 1.82) is 0 Å². The minimum Gasteiger partial charge on any atom is -0.345 e. The standard InChI is InChI=1S/C16H23N3O2S/c1-4-5-6-11-14(20)18-16(22)17-13-10-8-7-9-12(13)15(21)19(2)3/h7-10H,4-6,11H2,1-3H3,(H2,17,18,20,22). The molecule has 5 nitrogen and oxygen atoms in total. The largest absolute Gasteiger partial charge is 0.345 e. The predicted octanol–water partition coefficient (Wildman–Crippen LogP) is 2.78. The van der Waals surface area contributed by atoms with Gasteiger partial charge in [0.25, 0.3) is 5.91 Å². The van der Waals surface area contributed by atoms with Gasteiger partial charge in [0.05, 0.1) is 11.3 Å². The van der Waals surface area contributed by atoms with Crippen LogP contribution in [0.15, 0.2) is 24.3 Å². The number of nitrogens with zero attached hydrogens (tertiary/aromatic N) is 1. The van der Waals surface area contributed by atoms with E-state index >= 15 is 0 Å². The van der Waals surface area contributed by atoms with E-state index in [4.69, 9.17) is 12.2 Å². The lowest BCUT2D eigenvalue weighted by atomic mass is 10.1. The molecule has 0 saturated heterocycles. The van der Waals surface area contributed by atoms with E-state index in [1.165, 1.54) is 4.90 Å². The van der Waals surface area contributed by atoms with Crippen molar-refractivity contribution in [3.63, 3.8) is 0 Å². The molecule has 120 valence electrons. The highest BCUT2D eigenvalue weighted by molar-refractivity contribution is 7.80. The molecule has 22 heavy (non-hydrogen) atoms. The van der Waals surface area contributed by atoms with Gasteiger partial charge in [-0.2, -0.15) is 0 Å². The maximum absolute atomic E-state index is 12.1.